The fraction of sp³-hybridized carbons (Fsp3) is 0.353. The number of hydrogen-bond donors (Lipinski definition) is 0. The van der Waals surface area contributed by atoms with Gasteiger partial charge in [0.15, 0.2) is 5.82 Å². The number of fused-ring (bicyclic) bond motifs is 3. The third-order valence-corrected chi connectivity index (χ3v) is 4.03. The minimum absolute atomic E-state index is 0.242. The maximum Gasteiger partial charge on any atom is 0.178 e. The number of aromatic nitrogens is 5. The summed E-state index contributed by atoms with van der Waals surface area (Å²) in [6.45, 7) is 6.90. The van der Waals surface area contributed by atoms with Crippen LogP contribution in [0.1, 0.15) is 31.1 Å². The quantitative estimate of drug-likeness (QED) is 0.730. The number of aryl methyl sites for hydroxylation is 1. The molecular weight excluding hydrogens is 290 g/mol. The van der Waals surface area contributed by atoms with Crippen molar-refractivity contribution in [1.82, 2.24) is 24.5 Å². The molecule has 3 heterocycles. The summed E-state index contributed by atoms with van der Waals surface area (Å²) in [6, 6.07) is 8.51. The van der Waals surface area contributed by atoms with Crippen LogP contribution in [0.5, 0.6) is 5.75 Å². The molecule has 0 saturated heterocycles. The molecule has 1 aromatic carbocycles. The predicted octanol–water partition coefficient (Wildman–Crippen LogP) is 2.96. The van der Waals surface area contributed by atoms with Gasteiger partial charge in [-0.3, -0.25) is 0 Å². The smallest absolute Gasteiger partial charge is 0.178 e. The summed E-state index contributed by atoms with van der Waals surface area (Å²) in [6.07, 6.45) is 2.40. The van der Waals surface area contributed by atoms with Crippen molar-refractivity contribution in [3.05, 3.63) is 41.9 Å². The Balaban J connectivity index is 1.87. The van der Waals surface area contributed by atoms with Crippen LogP contribution in [-0.2, 0) is 6.42 Å². The van der Waals surface area contributed by atoms with Crippen molar-refractivity contribution in [1.29, 1.82) is 0 Å². The second-order valence-corrected chi connectivity index (χ2v) is 6.12. The van der Waals surface area contributed by atoms with Gasteiger partial charge in [-0.15, -0.1) is 0 Å². The van der Waals surface area contributed by atoms with E-state index in [0.29, 0.717) is 6.61 Å². The molecule has 0 amide bonds. The molecule has 3 aromatic rings. The highest BCUT2D eigenvalue weighted by molar-refractivity contribution is 5.55. The van der Waals surface area contributed by atoms with E-state index in [1.165, 1.54) is 5.56 Å². The van der Waals surface area contributed by atoms with Crippen LogP contribution in [-0.4, -0.2) is 31.2 Å². The van der Waals surface area contributed by atoms with Gasteiger partial charge in [0.25, 0.3) is 0 Å². The first-order valence-corrected chi connectivity index (χ1v) is 7.86. The molecular formula is C17H19N5O. The van der Waals surface area contributed by atoms with Gasteiger partial charge in [0, 0.05) is 18.2 Å². The first-order valence-electron chi connectivity index (χ1n) is 7.86. The molecule has 0 atom stereocenters. The Kier molecular flexibility index (Phi) is 3.18. The SMILES string of the molecule is Cc1ccc2c(c1)-n1nc(-c3ncnn3C(C)C)cc1CCO2. The van der Waals surface area contributed by atoms with Gasteiger partial charge in [-0.05, 0) is 44.5 Å². The maximum absolute atomic E-state index is 5.84. The summed E-state index contributed by atoms with van der Waals surface area (Å²) in [5.74, 6) is 1.67. The number of ether oxygens (including phenoxy) is 1. The minimum atomic E-state index is 0.242. The number of benzene rings is 1. The van der Waals surface area contributed by atoms with Gasteiger partial charge in [-0.2, -0.15) is 10.2 Å². The molecule has 6 nitrogen and oxygen atoms in total. The Morgan fingerprint density at radius 1 is 1.22 bits per heavy atom. The van der Waals surface area contributed by atoms with E-state index in [9.17, 15) is 0 Å². The molecule has 1 aliphatic heterocycles. The molecule has 0 radical (unpaired) electrons. The summed E-state index contributed by atoms with van der Waals surface area (Å²) >= 11 is 0. The fourth-order valence-electron chi connectivity index (χ4n) is 2.91. The molecule has 4 rings (SSSR count). The first-order chi connectivity index (χ1) is 11.1. The van der Waals surface area contributed by atoms with Gasteiger partial charge in [-0.25, -0.2) is 14.3 Å². The van der Waals surface area contributed by atoms with E-state index < -0.39 is 0 Å². The summed E-state index contributed by atoms with van der Waals surface area (Å²) in [5.41, 5.74) is 4.14. The van der Waals surface area contributed by atoms with E-state index in [0.717, 1.165) is 35.1 Å². The van der Waals surface area contributed by atoms with Crippen molar-refractivity contribution in [2.75, 3.05) is 6.61 Å². The Morgan fingerprint density at radius 2 is 2.09 bits per heavy atom. The summed E-state index contributed by atoms with van der Waals surface area (Å²) < 4.78 is 9.72. The highest BCUT2D eigenvalue weighted by Crippen LogP contribution is 2.30. The number of rotatable bonds is 2. The number of hydrogen-bond acceptors (Lipinski definition) is 4. The third-order valence-electron chi connectivity index (χ3n) is 4.03. The second kappa shape index (κ2) is 5.22. The van der Waals surface area contributed by atoms with Crippen LogP contribution in [0.15, 0.2) is 30.6 Å². The molecule has 0 unspecified atom stereocenters. The molecule has 23 heavy (non-hydrogen) atoms. The Labute approximate surface area is 134 Å². The molecule has 0 spiro atoms. The third kappa shape index (κ3) is 2.30. The zero-order valence-electron chi connectivity index (χ0n) is 13.5. The topological polar surface area (TPSA) is 57.8 Å². The van der Waals surface area contributed by atoms with Crippen LogP contribution in [0.4, 0.5) is 0 Å². The standard InChI is InChI=1S/C17H19N5O/c1-11(2)21-17(18-10-19-21)14-9-13-6-7-23-16-5-4-12(3)8-15(16)22(13)20-14/h4-5,8-11H,6-7H2,1-3H3. The zero-order chi connectivity index (χ0) is 16.0. The molecule has 118 valence electrons. The van der Waals surface area contributed by atoms with E-state index in [1.807, 2.05) is 15.4 Å². The van der Waals surface area contributed by atoms with Gasteiger partial charge in [0.1, 0.15) is 23.5 Å². The van der Waals surface area contributed by atoms with Gasteiger partial charge < -0.3 is 4.74 Å². The molecule has 0 fully saturated rings. The van der Waals surface area contributed by atoms with Gasteiger partial charge >= 0.3 is 0 Å². The average Bonchev–Trinajstić information content (AvgIpc) is 3.12. The van der Waals surface area contributed by atoms with Crippen LogP contribution in [0.2, 0.25) is 0 Å². The Bertz CT molecular complexity index is 862. The van der Waals surface area contributed by atoms with Crippen molar-refractivity contribution in [3.63, 3.8) is 0 Å². The van der Waals surface area contributed by atoms with Crippen molar-refractivity contribution in [2.45, 2.75) is 33.2 Å². The van der Waals surface area contributed by atoms with E-state index in [1.54, 1.807) is 6.33 Å². The molecule has 1 aliphatic rings. The molecule has 6 heteroatoms. The van der Waals surface area contributed by atoms with Gasteiger partial charge in [0.05, 0.1) is 6.61 Å². The molecule has 2 aromatic heterocycles. The van der Waals surface area contributed by atoms with E-state index in [2.05, 4.69) is 49.1 Å². The molecule has 0 N–H and O–H groups in total. The van der Waals surface area contributed by atoms with Gasteiger partial charge in [-0.1, -0.05) is 6.07 Å². The minimum Gasteiger partial charge on any atom is -0.491 e. The highest BCUT2D eigenvalue weighted by atomic mass is 16.5. The van der Waals surface area contributed by atoms with Crippen LogP contribution >= 0.6 is 0 Å². The fourth-order valence-corrected chi connectivity index (χ4v) is 2.91. The van der Waals surface area contributed by atoms with E-state index >= 15 is 0 Å². The van der Waals surface area contributed by atoms with Crippen LogP contribution in [0, 0.1) is 6.92 Å². The first kappa shape index (κ1) is 14.0. The molecule has 0 saturated carbocycles. The predicted molar refractivity (Wildman–Crippen MR) is 86.9 cm³/mol. The summed E-state index contributed by atoms with van der Waals surface area (Å²) in [5, 5.41) is 9.10. The summed E-state index contributed by atoms with van der Waals surface area (Å²) in [7, 11) is 0. The van der Waals surface area contributed by atoms with Crippen molar-refractivity contribution in [3.8, 4) is 23.0 Å². The Hall–Kier alpha value is -2.63. The van der Waals surface area contributed by atoms with E-state index in [4.69, 9.17) is 9.84 Å². The van der Waals surface area contributed by atoms with E-state index in [-0.39, 0.29) is 6.04 Å². The summed E-state index contributed by atoms with van der Waals surface area (Å²) in [4.78, 5) is 4.39. The highest BCUT2D eigenvalue weighted by Gasteiger charge is 2.21. The number of nitrogens with zero attached hydrogens (tertiary/aromatic N) is 5. The molecule has 0 aliphatic carbocycles. The molecule has 0 bridgehead atoms. The maximum atomic E-state index is 5.84. The Morgan fingerprint density at radius 3 is 2.91 bits per heavy atom. The van der Waals surface area contributed by atoms with Crippen molar-refractivity contribution in [2.24, 2.45) is 0 Å². The normalized spacial score (nSPS) is 13.4. The lowest BCUT2D eigenvalue weighted by Gasteiger charge is -2.09. The van der Waals surface area contributed by atoms with Crippen LogP contribution in [0.3, 0.4) is 0 Å². The van der Waals surface area contributed by atoms with Gasteiger partial charge in [0.2, 0.25) is 0 Å². The lowest BCUT2D eigenvalue weighted by molar-refractivity contribution is 0.326. The lowest BCUT2D eigenvalue weighted by Crippen LogP contribution is -2.06. The average molecular weight is 309 g/mol. The van der Waals surface area contributed by atoms with Crippen molar-refractivity contribution < 1.29 is 4.74 Å². The lowest BCUT2D eigenvalue weighted by atomic mass is 10.2. The van der Waals surface area contributed by atoms with Crippen molar-refractivity contribution >= 4 is 0 Å². The largest absolute Gasteiger partial charge is 0.491 e. The van der Waals surface area contributed by atoms with Crippen LogP contribution < -0.4 is 4.74 Å². The monoisotopic (exact) mass is 309 g/mol. The zero-order valence-corrected chi connectivity index (χ0v) is 13.5. The van der Waals surface area contributed by atoms with Crippen LogP contribution in [0.25, 0.3) is 17.2 Å². The second-order valence-electron chi connectivity index (χ2n) is 6.12.